The number of unbranched alkanes of at least 4 members (excludes halogenated alkanes) is 2. The lowest BCUT2D eigenvalue weighted by Gasteiger charge is -2.09. The summed E-state index contributed by atoms with van der Waals surface area (Å²) in [5.41, 5.74) is 1.14. The molecule has 3 heteroatoms. The average Bonchev–Trinajstić information content (AvgIpc) is 2.39. The zero-order valence-corrected chi connectivity index (χ0v) is 12.2. The topological polar surface area (TPSA) is 21.3 Å². The lowest BCUT2D eigenvalue weighted by atomic mass is 10.1. The number of nitrogens with one attached hydrogen (secondary N) is 1. The minimum Gasteiger partial charge on any atom is -0.492 e. The fourth-order valence-corrected chi connectivity index (χ4v) is 2.03. The summed E-state index contributed by atoms with van der Waals surface area (Å²) in [6, 6.07) is 5.86. The van der Waals surface area contributed by atoms with Gasteiger partial charge >= 0.3 is 0 Å². The fraction of sp³-hybridized carbons (Fsp3) is 0.600. The Morgan fingerprint density at radius 3 is 2.72 bits per heavy atom. The summed E-state index contributed by atoms with van der Waals surface area (Å²) >= 11 is 6.06. The molecule has 102 valence electrons. The SMILES string of the molecule is CCCCCNCCOc1ccc(Cl)c(CC)c1. The third-order valence-electron chi connectivity index (χ3n) is 2.90. The van der Waals surface area contributed by atoms with E-state index in [1.54, 1.807) is 0 Å². The van der Waals surface area contributed by atoms with Crippen molar-refractivity contribution in [3.63, 3.8) is 0 Å². The Morgan fingerprint density at radius 2 is 2.00 bits per heavy atom. The Bertz CT molecular complexity index is 341. The first-order chi connectivity index (χ1) is 8.77. The van der Waals surface area contributed by atoms with Crippen molar-refractivity contribution in [2.45, 2.75) is 39.5 Å². The zero-order chi connectivity index (χ0) is 13.2. The summed E-state index contributed by atoms with van der Waals surface area (Å²) in [5.74, 6) is 0.909. The largest absolute Gasteiger partial charge is 0.492 e. The first-order valence-corrected chi connectivity index (χ1v) is 7.27. The third-order valence-corrected chi connectivity index (χ3v) is 3.27. The van der Waals surface area contributed by atoms with E-state index in [1.807, 2.05) is 18.2 Å². The van der Waals surface area contributed by atoms with Crippen molar-refractivity contribution in [2.75, 3.05) is 19.7 Å². The molecule has 0 radical (unpaired) electrons. The van der Waals surface area contributed by atoms with Gasteiger partial charge in [-0.2, -0.15) is 0 Å². The molecule has 0 aromatic heterocycles. The maximum Gasteiger partial charge on any atom is 0.119 e. The van der Waals surface area contributed by atoms with Crippen molar-refractivity contribution in [1.29, 1.82) is 0 Å². The average molecular weight is 270 g/mol. The Kier molecular flexibility index (Phi) is 7.86. The quantitative estimate of drug-likeness (QED) is 0.683. The molecule has 0 unspecified atom stereocenters. The predicted octanol–water partition coefficient (Wildman–Crippen LogP) is 4.06. The number of hydrogen-bond acceptors (Lipinski definition) is 2. The monoisotopic (exact) mass is 269 g/mol. The maximum absolute atomic E-state index is 6.06. The van der Waals surface area contributed by atoms with Gasteiger partial charge in [0.2, 0.25) is 0 Å². The molecule has 0 heterocycles. The van der Waals surface area contributed by atoms with Crippen LogP contribution in [0.3, 0.4) is 0 Å². The van der Waals surface area contributed by atoms with Crippen LogP contribution in [-0.4, -0.2) is 19.7 Å². The molecular weight excluding hydrogens is 246 g/mol. The van der Waals surface area contributed by atoms with E-state index in [4.69, 9.17) is 16.3 Å². The van der Waals surface area contributed by atoms with Gasteiger partial charge in [0.25, 0.3) is 0 Å². The highest BCUT2D eigenvalue weighted by atomic mass is 35.5. The van der Waals surface area contributed by atoms with Crippen LogP contribution in [0.15, 0.2) is 18.2 Å². The van der Waals surface area contributed by atoms with Crippen LogP contribution in [0, 0.1) is 0 Å². The van der Waals surface area contributed by atoms with E-state index in [1.165, 1.54) is 19.3 Å². The van der Waals surface area contributed by atoms with Gasteiger partial charge in [0.05, 0.1) is 0 Å². The van der Waals surface area contributed by atoms with Crippen LogP contribution in [-0.2, 0) is 6.42 Å². The molecule has 1 N–H and O–H groups in total. The van der Waals surface area contributed by atoms with Crippen LogP contribution in [0.1, 0.15) is 38.7 Å². The summed E-state index contributed by atoms with van der Waals surface area (Å²) in [6.45, 7) is 7.00. The van der Waals surface area contributed by atoms with E-state index in [2.05, 4.69) is 19.2 Å². The number of benzene rings is 1. The normalized spacial score (nSPS) is 10.6. The molecule has 1 aromatic rings. The smallest absolute Gasteiger partial charge is 0.119 e. The van der Waals surface area contributed by atoms with E-state index in [0.717, 1.165) is 35.8 Å². The van der Waals surface area contributed by atoms with E-state index >= 15 is 0 Å². The van der Waals surface area contributed by atoms with Gasteiger partial charge in [-0.15, -0.1) is 0 Å². The highest BCUT2D eigenvalue weighted by Gasteiger charge is 2.00. The van der Waals surface area contributed by atoms with Gasteiger partial charge in [-0.1, -0.05) is 38.3 Å². The number of rotatable bonds is 9. The van der Waals surface area contributed by atoms with Crippen molar-refractivity contribution in [3.05, 3.63) is 28.8 Å². The van der Waals surface area contributed by atoms with Crippen molar-refractivity contribution < 1.29 is 4.74 Å². The third kappa shape index (κ3) is 5.74. The summed E-state index contributed by atoms with van der Waals surface area (Å²) in [7, 11) is 0. The number of aryl methyl sites for hydroxylation is 1. The van der Waals surface area contributed by atoms with Crippen LogP contribution in [0.5, 0.6) is 5.75 Å². The maximum atomic E-state index is 6.06. The summed E-state index contributed by atoms with van der Waals surface area (Å²) in [5, 5.41) is 4.20. The molecule has 0 aliphatic rings. The molecule has 0 aliphatic carbocycles. The Morgan fingerprint density at radius 1 is 1.17 bits per heavy atom. The van der Waals surface area contributed by atoms with E-state index in [9.17, 15) is 0 Å². The Hall–Kier alpha value is -0.730. The molecule has 0 bridgehead atoms. The molecule has 0 atom stereocenters. The minimum atomic E-state index is 0.705. The molecular formula is C15H24ClNO. The van der Waals surface area contributed by atoms with Crippen molar-refractivity contribution in [1.82, 2.24) is 5.32 Å². The molecule has 2 nitrogen and oxygen atoms in total. The van der Waals surface area contributed by atoms with Gasteiger partial charge in [-0.05, 0) is 43.1 Å². The predicted molar refractivity (Wildman–Crippen MR) is 78.7 cm³/mol. The van der Waals surface area contributed by atoms with Gasteiger partial charge in [0.1, 0.15) is 12.4 Å². The first-order valence-electron chi connectivity index (χ1n) is 6.89. The highest BCUT2D eigenvalue weighted by Crippen LogP contribution is 2.22. The summed E-state index contributed by atoms with van der Waals surface area (Å²) in [4.78, 5) is 0. The van der Waals surface area contributed by atoms with Crippen molar-refractivity contribution in [2.24, 2.45) is 0 Å². The van der Waals surface area contributed by atoms with Crippen molar-refractivity contribution >= 4 is 11.6 Å². The number of halogens is 1. The van der Waals surface area contributed by atoms with Gasteiger partial charge in [-0.3, -0.25) is 0 Å². The van der Waals surface area contributed by atoms with Gasteiger partial charge in [0, 0.05) is 11.6 Å². The second-order valence-corrected chi connectivity index (χ2v) is 4.82. The fourth-order valence-electron chi connectivity index (χ4n) is 1.78. The lowest BCUT2D eigenvalue weighted by molar-refractivity contribution is 0.313. The second kappa shape index (κ2) is 9.23. The highest BCUT2D eigenvalue weighted by molar-refractivity contribution is 6.31. The minimum absolute atomic E-state index is 0.705. The van der Waals surface area contributed by atoms with Crippen LogP contribution in [0.25, 0.3) is 0 Å². The van der Waals surface area contributed by atoms with Crippen molar-refractivity contribution in [3.8, 4) is 5.75 Å². The molecule has 0 saturated carbocycles. The van der Waals surface area contributed by atoms with Gasteiger partial charge in [-0.25, -0.2) is 0 Å². The Labute approximate surface area is 116 Å². The molecule has 1 rings (SSSR count). The van der Waals surface area contributed by atoms with E-state index < -0.39 is 0 Å². The molecule has 0 fully saturated rings. The molecule has 0 amide bonds. The van der Waals surface area contributed by atoms with E-state index in [0.29, 0.717) is 6.61 Å². The van der Waals surface area contributed by atoms with Gasteiger partial charge in [0.15, 0.2) is 0 Å². The van der Waals surface area contributed by atoms with Crippen LogP contribution in [0.2, 0.25) is 5.02 Å². The van der Waals surface area contributed by atoms with Crippen LogP contribution < -0.4 is 10.1 Å². The molecule has 1 aromatic carbocycles. The number of hydrogen-bond donors (Lipinski definition) is 1. The molecule has 18 heavy (non-hydrogen) atoms. The zero-order valence-electron chi connectivity index (χ0n) is 11.5. The van der Waals surface area contributed by atoms with E-state index in [-0.39, 0.29) is 0 Å². The van der Waals surface area contributed by atoms with Crippen LogP contribution in [0.4, 0.5) is 0 Å². The van der Waals surface area contributed by atoms with Crippen LogP contribution >= 0.6 is 11.6 Å². The molecule has 0 spiro atoms. The first kappa shape index (κ1) is 15.3. The summed E-state index contributed by atoms with van der Waals surface area (Å²) in [6.07, 6.45) is 4.75. The lowest BCUT2D eigenvalue weighted by Crippen LogP contribution is -2.22. The standard InChI is InChI=1S/C15H24ClNO/c1-3-5-6-9-17-10-11-18-14-7-8-15(16)13(4-2)12-14/h7-8,12,17H,3-6,9-11H2,1-2H3. The Balaban J connectivity index is 2.19. The summed E-state index contributed by atoms with van der Waals surface area (Å²) < 4.78 is 5.69. The molecule has 0 saturated heterocycles. The molecule has 0 aliphatic heterocycles. The number of ether oxygens (including phenoxy) is 1. The van der Waals surface area contributed by atoms with Gasteiger partial charge < -0.3 is 10.1 Å². The second-order valence-electron chi connectivity index (χ2n) is 4.41.